The summed E-state index contributed by atoms with van der Waals surface area (Å²) < 4.78 is 6.70. The van der Waals surface area contributed by atoms with Gasteiger partial charge in [0.15, 0.2) is 11.5 Å². The summed E-state index contributed by atoms with van der Waals surface area (Å²) >= 11 is 7.58. The maximum absolute atomic E-state index is 6.13. The van der Waals surface area contributed by atoms with E-state index in [1.807, 2.05) is 38.1 Å². The molecule has 152 valence electrons. The zero-order chi connectivity index (χ0) is 20.8. The van der Waals surface area contributed by atoms with Crippen molar-refractivity contribution in [2.24, 2.45) is 4.99 Å². The maximum Gasteiger partial charge on any atom is 0.180 e. The van der Waals surface area contributed by atoms with Crippen molar-refractivity contribution >= 4 is 28.8 Å². The van der Waals surface area contributed by atoms with Crippen LogP contribution in [-0.4, -0.2) is 56.9 Å². The molecule has 4 rings (SSSR count). The van der Waals surface area contributed by atoms with Gasteiger partial charge in [0.2, 0.25) is 0 Å². The molecule has 1 N–H and O–H groups in total. The Morgan fingerprint density at radius 1 is 1.17 bits per heavy atom. The summed E-state index contributed by atoms with van der Waals surface area (Å²) in [6, 6.07) is 7.78. The summed E-state index contributed by atoms with van der Waals surface area (Å²) in [5, 5.41) is 14.1. The van der Waals surface area contributed by atoms with Crippen LogP contribution in [0.1, 0.15) is 35.4 Å². The summed E-state index contributed by atoms with van der Waals surface area (Å²) in [5.74, 6) is 1.58. The zero-order valence-electron chi connectivity index (χ0n) is 17.2. The molecular formula is C20H24ClN7S. The summed E-state index contributed by atoms with van der Waals surface area (Å²) in [4.78, 5) is 7.36. The van der Waals surface area contributed by atoms with Crippen molar-refractivity contribution in [3.63, 3.8) is 0 Å². The molecule has 3 heterocycles. The number of hydrogen-bond donors (Lipinski definition) is 1. The largest absolute Gasteiger partial charge is 0.308 e. The molecule has 1 aliphatic rings. The number of nitrogens with one attached hydrogen (secondary N) is 1. The van der Waals surface area contributed by atoms with Gasteiger partial charge in [-0.3, -0.25) is 14.9 Å². The van der Waals surface area contributed by atoms with Crippen LogP contribution in [0.4, 0.5) is 0 Å². The number of aliphatic imine (C=N–C) groups is 1. The molecule has 0 bridgehead atoms. The average molecular weight is 430 g/mol. The van der Waals surface area contributed by atoms with Gasteiger partial charge in [0.05, 0.1) is 17.0 Å². The van der Waals surface area contributed by atoms with Crippen LogP contribution < -0.4 is 5.32 Å². The van der Waals surface area contributed by atoms with Gasteiger partial charge in [-0.1, -0.05) is 23.7 Å². The van der Waals surface area contributed by atoms with Crippen LogP contribution in [0.5, 0.6) is 0 Å². The molecule has 0 saturated heterocycles. The highest BCUT2D eigenvalue weighted by molar-refractivity contribution is 7.09. The molecule has 0 fully saturated rings. The van der Waals surface area contributed by atoms with E-state index in [1.54, 1.807) is 0 Å². The molecule has 0 aliphatic carbocycles. The van der Waals surface area contributed by atoms with Crippen molar-refractivity contribution in [1.29, 1.82) is 0 Å². The Morgan fingerprint density at radius 3 is 2.59 bits per heavy atom. The van der Waals surface area contributed by atoms with E-state index >= 15 is 0 Å². The van der Waals surface area contributed by atoms with Gasteiger partial charge in [0, 0.05) is 23.7 Å². The summed E-state index contributed by atoms with van der Waals surface area (Å²) in [6.45, 7) is 7.68. The second kappa shape index (κ2) is 7.60. The highest BCUT2D eigenvalue weighted by Gasteiger charge is 2.38. The summed E-state index contributed by atoms with van der Waals surface area (Å²) in [5.41, 5.74) is 3.09. The predicted octanol–water partition coefficient (Wildman–Crippen LogP) is 3.17. The van der Waals surface area contributed by atoms with Gasteiger partial charge in [0.25, 0.3) is 0 Å². The number of fused-ring (bicyclic) bond motifs is 3. The second-order valence-corrected chi connectivity index (χ2v) is 8.81. The van der Waals surface area contributed by atoms with Crippen LogP contribution in [0, 0.1) is 13.8 Å². The lowest BCUT2D eigenvalue weighted by Gasteiger charge is -2.26. The maximum atomic E-state index is 6.13. The lowest BCUT2D eigenvalue weighted by Crippen LogP contribution is -2.43. The Kier molecular flexibility index (Phi) is 5.29. The van der Waals surface area contributed by atoms with Gasteiger partial charge < -0.3 is 4.90 Å². The van der Waals surface area contributed by atoms with Gasteiger partial charge in [-0.15, -0.1) is 10.2 Å². The fraction of sp³-hybridized carbons (Fsp3) is 0.400. The molecule has 3 aromatic rings. The SMILES string of the molecule is Cc1nsc2c1C(c1ccc(Cl)cc1)=NC(C)(NCCN(C)C)c1nnc(C)n1-2. The highest BCUT2D eigenvalue weighted by Crippen LogP contribution is 2.36. The molecule has 1 unspecified atom stereocenters. The minimum absolute atomic E-state index is 0.697. The van der Waals surface area contributed by atoms with Gasteiger partial charge >= 0.3 is 0 Å². The number of nitrogens with zero attached hydrogens (tertiary/aromatic N) is 6. The van der Waals surface area contributed by atoms with E-state index in [9.17, 15) is 0 Å². The van der Waals surface area contributed by atoms with E-state index in [2.05, 4.69) is 50.4 Å². The molecule has 1 aliphatic heterocycles. The van der Waals surface area contributed by atoms with Crippen LogP contribution in [0.3, 0.4) is 0 Å². The van der Waals surface area contributed by atoms with E-state index in [4.69, 9.17) is 16.6 Å². The molecule has 7 nitrogen and oxygen atoms in total. The van der Waals surface area contributed by atoms with E-state index in [0.717, 1.165) is 52.3 Å². The molecule has 0 saturated carbocycles. The van der Waals surface area contributed by atoms with E-state index in [-0.39, 0.29) is 0 Å². The molecule has 0 radical (unpaired) electrons. The van der Waals surface area contributed by atoms with Crippen LogP contribution in [0.15, 0.2) is 29.3 Å². The molecule has 29 heavy (non-hydrogen) atoms. The number of aryl methyl sites for hydroxylation is 2. The van der Waals surface area contributed by atoms with Crippen molar-refractivity contribution in [2.75, 3.05) is 27.2 Å². The third-order valence-electron chi connectivity index (χ3n) is 5.03. The topological polar surface area (TPSA) is 71.2 Å². The van der Waals surface area contributed by atoms with E-state index < -0.39 is 5.66 Å². The first-order chi connectivity index (χ1) is 13.8. The lowest BCUT2D eigenvalue weighted by atomic mass is 10.0. The van der Waals surface area contributed by atoms with Crippen molar-refractivity contribution in [3.8, 4) is 5.00 Å². The van der Waals surface area contributed by atoms with E-state index in [1.165, 1.54) is 11.5 Å². The fourth-order valence-corrected chi connectivity index (χ4v) is 4.57. The predicted molar refractivity (Wildman–Crippen MR) is 118 cm³/mol. The third kappa shape index (κ3) is 3.61. The molecule has 1 aromatic carbocycles. The normalized spacial score (nSPS) is 18.4. The Hall–Kier alpha value is -2.13. The smallest absolute Gasteiger partial charge is 0.180 e. The van der Waals surface area contributed by atoms with E-state index in [0.29, 0.717) is 5.02 Å². The number of aromatic nitrogens is 4. The molecule has 0 spiro atoms. The lowest BCUT2D eigenvalue weighted by molar-refractivity contribution is 0.320. The first-order valence-corrected chi connectivity index (χ1v) is 10.6. The van der Waals surface area contributed by atoms with Crippen LogP contribution in [0.2, 0.25) is 5.02 Å². The van der Waals surface area contributed by atoms with Crippen LogP contribution in [0.25, 0.3) is 5.00 Å². The first kappa shape index (κ1) is 20.2. The van der Waals surface area contributed by atoms with Gasteiger partial charge in [-0.2, -0.15) is 4.37 Å². The van der Waals surface area contributed by atoms with Crippen molar-refractivity contribution in [1.82, 2.24) is 29.4 Å². The highest BCUT2D eigenvalue weighted by atomic mass is 35.5. The molecule has 2 aromatic heterocycles. The van der Waals surface area contributed by atoms with Crippen molar-refractivity contribution < 1.29 is 0 Å². The number of rotatable bonds is 5. The molecule has 0 amide bonds. The second-order valence-electron chi connectivity index (χ2n) is 7.62. The minimum atomic E-state index is -0.739. The minimum Gasteiger partial charge on any atom is -0.308 e. The standard InChI is InChI=1S/C20H24ClN7S/c1-12-16-17(14-6-8-15(21)9-7-14)23-20(3,22-10-11-27(4)5)19-25-24-13(2)28(19)18(16)29-26-12/h6-9,22H,10-11H2,1-5H3. The van der Waals surface area contributed by atoms with Crippen LogP contribution >= 0.6 is 23.1 Å². The number of benzene rings is 1. The van der Waals surface area contributed by atoms with Crippen molar-refractivity contribution in [2.45, 2.75) is 26.4 Å². The Balaban J connectivity index is 1.93. The average Bonchev–Trinajstić information content (AvgIpc) is 3.20. The summed E-state index contributed by atoms with van der Waals surface area (Å²) in [7, 11) is 4.11. The van der Waals surface area contributed by atoms with Gasteiger partial charge in [-0.25, -0.2) is 0 Å². The number of hydrogen-bond acceptors (Lipinski definition) is 7. The number of likely N-dealkylation sites (N-methyl/N-ethyl adjacent to an activating group) is 1. The molecule has 1 atom stereocenters. The Labute approximate surface area is 179 Å². The van der Waals surface area contributed by atoms with Gasteiger partial charge in [0.1, 0.15) is 10.8 Å². The monoisotopic (exact) mass is 429 g/mol. The zero-order valence-corrected chi connectivity index (χ0v) is 18.8. The Morgan fingerprint density at radius 2 is 1.90 bits per heavy atom. The van der Waals surface area contributed by atoms with Crippen LogP contribution in [-0.2, 0) is 5.66 Å². The van der Waals surface area contributed by atoms with Gasteiger partial charge in [-0.05, 0) is 58.5 Å². The quantitative estimate of drug-likeness (QED) is 0.674. The molecular weight excluding hydrogens is 406 g/mol. The van der Waals surface area contributed by atoms with Crippen molar-refractivity contribution in [3.05, 3.63) is 57.8 Å². The first-order valence-electron chi connectivity index (χ1n) is 9.45. The fourth-order valence-electron chi connectivity index (χ4n) is 3.49. The Bertz CT molecular complexity index is 1070. The summed E-state index contributed by atoms with van der Waals surface area (Å²) in [6.07, 6.45) is 0. The third-order valence-corrected chi connectivity index (χ3v) is 6.20. The number of halogens is 1. The molecule has 9 heteroatoms.